The van der Waals surface area contributed by atoms with E-state index >= 15 is 0 Å². The van der Waals surface area contributed by atoms with Crippen LogP contribution in [0.5, 0.6) is 0 Å². The van der Waals surface area contributed by atoms with Gasteiger partial charge in [-0.2, -0.15) is 0 Å². The van der Waals surface area contributed by atoms with E-state index in [2.05, 4.69) is 17.6 Å². The van der Waals surface area contributed by atoms with Crippen LogP contribution in [0.2, 0.25) is 0 Å². The van der Waals surface area contributed by atoms with Crippen molar-refractivity contribution in [1.82, 2.24) is 10.6 Å². The van der Waals surface area contributed by atoms with Gasteiger partial charge in [-0.3, -0.25) is 4.79 Å². The number of piperidine rings is 1. The van der Waals surface area contributed by atoms with E-state index < -0.39 is 15.1 Å². The van der Waals surface area contributed by atoms with Crippen molar-refractivity contribution < 1.29 is 13.2 Å². The molecule has 0 spiro atoms. The van der Waals surface area contributed by atoms with Crippen molar-refractivity contribution >= 4 is 28.2 Å². The minimum atomic E-state index is -3.48. The summed E-state index contributed by atoms with van der Waals surface area (Å²) in [6, 6.07) is 6.44. The van der Waals surface area contributed by atoms with Crippen molar-refractivity contribution in [2.75, 3.05) is 19.6 Å². The lowest BCUT2D eigenvalue weighted by molar-refractivity contribution is 0.0919. The van der Waals surface area contributed by atoms with Crippen molar-refractivity contribution in [2.24, 2.45) is 5.41 Å². The van der Waals surface area contributed by atoms with Gasteiger partial charge in [0.15, 0.2) is 9.84 Å². The third-order valence-corrected chi connectivity index (χ3v) is 6.76. The topological polar surface area (TPSA) is 75.3 Å². The molecule has 0 aromatic heterocycles. The average molecular weight is 375 g/mol. The number of carbonyl (C=O) groups excluding carboxylic acids is 1. The van der Waals surface area contributed by atoms with Gasteiger partial charge in [0.2, 0.25) is 0 Å². The van der Waals surface area contributed by atoms with E-state index in [-0.39, 0.29) is 34.2 Å². The maximum Gasteiger partial charge on any atom is 0.252 e. The number of sulfone groups is 1. The Morgan fingerprint density at radius 3 is 2.42 bits per heavy atom. The SMILES string of the molecule is CC(C)S(=O)(=O)c1ccccc1C(=O)NCC1(C)CCNCC1.Cl. The monoisotopic (exact) mass is 374 g/mol. The Labute approximate surface area is 150 Å². The first-order chi connectivity index (χ1) is 10.8. The highest BCUT2D eigenvalue weighted by atomic mass is 35.5. The molecular weight excluding hydrogens is 348 g/mol. The van der Waals surface area contributed by atoms with Crippen LogP contribution in [0.3, 0.4) is 0 Å². The highest BCUT2D eigenvalue weighted by Crippen LogP contribution is 2.27. The van der Waals surface area contributed by atoms with Crippen molar-refractivity contribution in [3.8, 4) is 0 Å². The first-order valence-corrected chi connectivity index (χ1v) is 9.63. The van der Waals surface area contributed by atoms with Gasteiger partial charge in [0.1, 0.15) is 0 Å². The number of hydrogen-bond donors (Lipinski definition) is 2. The van der Waals surface area contributed by atoms with Crippen LogP contribution in [-0.2, 0) is 9.84 Å². The highest BCUT2D eigenvalue weighted by molar-refractivity contribution is 7.92. The third-order valence-electron chi connectivity index (χ3n) is 4.55. The van der Waals surface area contributed by atoms with Crippen LogP contribution in [0.15, 0.2) is 29.2 Å². The van der Waals surface area contributed by atoms with Crippen LogP contribution in [0.25, 0.3) is 0 Å². The van der Waals surface area contributed by atoms with Gasteiger partial charge >= 0.3 is 0 Å². The number of hydrogen-bond acceptors (Lipinski definition) is 4. The van der Waals surface area contributed by atoms with Crippen LogP contribution in [0.1, 0.15) is 44.0 Å². The van der Waals surface area contributed by atoms with Gasteiger partial charge < -0.3 is 10.6 Å². The van der Waals surface area contributed by atoms with Crippen molar-refractivity contribution in [3.63, 3.8) is 0 Å². The summed E-state index contributed by atoms with van der Waals surface area (Å²) in [7, 11) is -3.48. The fourth-order valence-corrected chi connectivity index (χ4v) is 4.00. The van der Waals surface area contributed by atoms with Crippen molar-refractivity contribution in [2.45, 2.75) is 43.8 Å². The average Bonchev–Trinajstić information content (AvgIpc) is 2.53. The summed E-state index contributed by atoms with van der Waals surface area (Å²) in [6.07, 6.45) is 2.00. The minimum absolute atomic E-state index is 0. The molecule has 2 N–H and O–H groups in total. The second-order valence-corrected chi connectivity index (χ2v) is 9.31. The minimum Gasteiger partial charge on any atom is -0.351 e. The highest BCUT2D eigenvalue weighted by Gasteiger charge is 2.29. The zero-order chi connectivity index (χ0) is 17.1. The molecule has 5 nitrogen and oxygen atoms in total. The summed E-state index contributed by atoms with van der Waals surface area (Å²) >= 11 is 0. The molecular formula is C17H27ClN2O3S. The van der Waals surface area contributed by atoms with Crippen LogP contribution in [0, 0.1) is 5.41 Å². The van der Waals surface area contributed by atoms with E-state index in [1.807, 2.05) is 0 Å². The molecule has 24 heavy (non-hydrogen) atoms. The van der Waals surface area contributed by atoms with E-state index in [4.69, 9.17) is 0 Å². The first-order valence-electron chi connectivity index (χ1n) is 8.08. The molecule has 1 aliphatic rings. The molecule has 0 unspecified atom stereocenters. The molecule has 0 aliphatic carbocycles. The predicted molar refractivity (Wildman–Crippen MR) is 98.6 cm³/mol. The molecule has 2 rings (SSSR count). The second kappa shape index (κ2) is 8.32. The Hall–Kier alpha value is -1.11. The summed E-state index contributed by atoms with van der Waals surface area (Å²) in [5, 5.41) is 5.68. The molecule has 1 heterocycles. The first kappa shape index (κ1) is 20.9. The van der Waals surface area contributed by atoms with E-state index in [0.717, 1.165) is 25.9 Å². The molecule has 7 heteroatoms. The van der Waals surface area contributed by atoms with Crippen LogP contribution < -0.4 is 10.6 Å². The number of benzene rings is 1. The van der Waals surface area contributed by atoms with Crippen LogP contribution >= 0.6 is 12.4 Å². The fourth-order valence-electron chi connectivity index (χ4n) is 2.75. The molecule has 0 bridgehead atoms. The lowest BCUT2D eigenvalue weighted by Crippen LogP contribution is -2.43. The molecule has 1 aromatic rings. The summed E-state index contributed by atoms with van der Waals surface area (Å²) in [6.45, 7) is 7.87. The number of amides is 1. The normalized spacial score (nSPS) is 17.2. The fraction of sp³-hybridized carbons (Fsp3) is 0.588. The van der Waals surface area contributed by atoms with Crippen LogP contribution in [0.4, 0.5) is 0 Å². The van der Waals surface area contributed by atoms with Gasteiger partial charge in [0.05, 0.1) is 15.7 Å². The smallest absolute Gasteiger partial charge is 0.252 e. The molecule has 1 aliphatic heterocycles. The summed E-state index contributed by atoms with van der Waals surface area (Å²) < 4.78 is 24.9. The molecule has 136 valence electrons. The molecule has 1 saturated heterocycles. The summed E-state index contributed by atoms with van der Waals surface area (Å²) in [4.78, 5) is 12.6. The van der Waals surface area contributed by atoms with E-state index in [0.29, 0.717) is 6.54 Å². The largest absolute Gasteiger partial charge is 0.351 e. The zero-order valence-corrected chi connectivity index (χ0v) is 16.1. The number of carbonyl (C=O) groups is 1. The standard InChI is InChI=1S/C17H26N2O3S.ClH/c1-13(2)23(21,22)15-7-5-4-6-14(15)16(20)19-12-17(3)8-10-18-11-9-17;/h4-7,13,18H,8-12H2,1-3H3,(H,19,20);1H. The lowest BCUT2D eigenvalue weighted by atomic mass is 9.81. The zero-order valence-electron chi connectivity index (χ0n) is 14.5. The predicted octanol–water partition coefficient (Wildman–Crippen LogP) is 2.41. The Balaban J connectivity index is 0.00000288. The number of halogens is 1. The number of nitrogens with one attached hydrogen (secondary N) is 2. The van der Waals surface area contributed by atoms with Gasteiger partial charge in [-0.1, -0.05) is 19.1 Å². The van der Waals surface area contributed by atoms with E-state index in [1.165, 1.54) is 6.07 Å². The molecule has 1 amide bonds. The molecule has 1 aromatic carbocycles. The quantitative estimate of drug-likeness (QED) is 0.829. The van der Waals surface area contributed by atoms with Gasteiger partial charge in [-0.15, -0.1) is 12.4 Å². The van der Waals surface area contributed by atoms with Gasteiger partial charge in [0, 0.05) is 6.54 Å². The Morgan fingerprint density at radius 2 is 1.83 bits per heavy atom. The Morgan fingerprint density at radius 1 is 1.25 bits per heavy atom. The van der Waals surface area contributed by atoms with Gasteiger partial charge in [-0.05, 0) is 57.3 Å². The summed E-state index contributed by atoms with van der Waals surface area (Å²) in [5.41, 5.74) is 0.297. The molecule has 0 radical (unpaired) electrons. The molecule has 1 fully saturated rings. The number of rotatable bonds is 5. The van der Waals surface area contributed by atoms with Gasteiger partial charge in [-0.25, -0.2) is 8.42 Å². The van der Waals surface area contributed by atoms with Gasteiger partial charge in [0.25, 0.3) is 5.91 Å². The van der Waals surface area contributed by atoms with Crippen molar-refractivity contribution in [1.29, 1.82) is 0 Å². The second-order valence-electron chi connectivity index (χ2n) is 6.83. The maximum atomic E-state index is 12.5. The lowest BCUT2D eigenvalue weighted by Gasteiger charge is -2.34. The summed E-state index contributed by atoms with van der Waals surface area (Å²) in [5.74, 6) is -0.315. The third kappa shape index (κ3) is 4.71. The maximum absolute atomic E-state index is 12.5. The Kier molecular flexibility index (Phi) is 7.25. The van der Waals surface area contributed by atoms with E-state index in [1.54, 1.807) is 32.0 Å². The molecule has 0 atom stereocenters. The van der Waals surface area contributed by atoms with E-state index in [9.17, 15) is 13.2 Å². The van der Waals surface area contributed by atoms with Crippen molar-refractivity contribution in [3.05, 3.63) is 29.8 Å². The Bertz CT molecular complexity index is 668. The molecule has 0 saturated carbocycles. The van der Waals surface area contributed by atoms with Crippen LogP contribution in [-0.4, -0.2) is 39.2 Å².